The molecule has 0 amide bonds. The van der Waals surface area contributed by atoms with Crippen molar-refractivity contribution in [2.75, 3.05) is 12.3 Å². The first-order chi connectivity index (χ1) is 14.0. The number of benzene rings is 1. The highest BCUT2D eigenvalue weighted by atomic mass is 16.6. The number of hydrogen-bond acceptors (Lipinski definition) is 10. The van der Waals surface area contributed by atoms with Gasteiger partial charge in [-0.15, -0.1) is 5.11 Å². The van der Waals surface area contributed by atoms with Gasteiger partial charge in [0, 0.05) is 0 Å². The van der Waals surface area contributed by atoms with E-state index in [9.17, 15) is 15.3 Å². The van der Waals surface area contributed by atoms with E-state index >= 15 is 0 Å². The van der Waals surface area contributed by atoms with Crippen molar-refractivity contribution in [2.24, 2.45) is 10.2 Å². The van der Waals surface area contributed by atoms with Crippen molar-refractivity contribution in [1.82, 2.24) is 19.5 Å². The number of imidazole rings is 1. The molecule has 4 atom stereocenters. The second kappa shape index (κ2) is 7.79. The van der Waals surface area contributed by atoms with E-state index in [2.05, 4.69) is 25.2 Å². The zero-order chi connectivity index (χ0) is 20.5. The topological polar surface area (TPSA) is 164 Å². The third kappa shape index (κ3) is 3.68. The number of aryl methyl sites for hydroxylation is 1. The van der Waals surface area contributed by atoms with Crippen LogP contribution in [0.15, 0.2) is 40.8 Å². The largest absolute Gasteiger partial charge is 0.394 e. The van der Waals surface area contributed by atoms with Gasteiger partial charge in [0.25, 0.3) is 5.95 Å². The molecule has 5 N–H and O–H groups in total. The maximum absolute atomic E-state index is 10.3. The summed E-state index contributed by atoms with van der Waals surface area (Å²) in [6.07, 6.45) is -3.04. The van der Waals surface area contributed by atoms with E-state index in [-0.39, 0.29) is 17.4 Å². The zero-order valence-corrected chi connectivity index (χ0v) is 15.6. The Morgan fingerprint density at radius 3 is 2.79 bits per heavy atom. The van der Waals surface area contributed by atoms with E-state index in [4.69, 9.17) is 10.5 Å². The SMILES string of the molecule is Cc1cccc(CN=Nc2nc(N)c3ncn(C4O[C@H](CO)[C@@H](O)[C@H]4O)c3n2)c1. The Bertz CT molecular complexity index is 1050. The minimum absolute atomic E-state index is 0.0381. The molecule has 0 saturated carbocycles. The van der Waals surface area contributed by atoms with Crippen LogP contribution in [0.3, 0.4) is 0 Å². The monoisotopic (exact) mass is 399 g/mol. The van der Waals surface area contributed by atoms with Gasteiger partial charge in [0.15, 0.2) is 17.7 Å². The van der Waals surface area contributed by atoms with Crippen molar-refractivity contribution in [3.05, 3.63) is 41.7 Å². The lowest BCUT2D eigenvalue weighted by atomic mass is 10.1. The molecule has 3 aromatic rings. The number of ether oxygens (including phenoxy) is 1. The summed E-state index contributed by atoms with van der Waals surface area (Å²) in [6, 6.07) is 7.90. The van der Waals surface area contributed by atoms with Gasteiger partial charge in [-0.05, 0) is 12.5 Å². The molecule has 29 heavy (non-hydrogen) atoms. The summed E-state index contributed by atoms with van der Waals surface area (Å²) in [5.74, 6) is 0.140. The molecular weight excluding hydrogens is 378 g/mol. The maximum atomic E-state index is 10.3. The van der Waals surface area contributed by atoms with Crippen LogP contribution in [0.2, 0.25) is 0 Å². The molecule has 0 radical (unpaired) electrons. The molecule has 4 rings (SSSR count). The minimum atomic E-state index is -1.27. The molecule has 152 valence electrons. The molecule has 1 aliphatic heterocycles. The number of aromatic nitrogens is 4. The molecule has 3 heterocycles. The van der Waals surface area contributed by atoms with Crippen molar-refractivity contribution < 1.29 is 20.1 Å². The van der Waals surface area contributed by atoms with Crippen LogP contribution in [0.5, 0.6) is 0 Å². The molecule has 1 aliphatic rings. The average molecular weight is 399 g/mol. The lowest BCUT2D eigenvalue weighted by Gasteiger charge is -2.16. The fourth-order valence-electron chi connectivity index (χ4n) is 3.26. The highest BCUT2D eigenvalue weighted by molar-refractivity contribution is 5.82. The molecule has 2 aromatic heterocycles. The van der Waals surface area contributed by atoms with Gasteiger partial charge in [-0.3, -0.25) is 4.57 Å². The zero-order valence-electron chi connectivity index (χ0n) is 15.6. The van der Waals surface area contributed by atoms with E-state index in [1.54, 1.807) is 0 Å². The molecule has 0 aliphatic carbocycles. The van der Waals surface area contributed by atoms with Crippen LogP contribution >= 0.6 is 0 Å². The highest BCUT2D eigenvalue weighted by Gasteiger charge is 2.44. The number of rotatable bonds is 5. The first-order valence-corrected chi connectivity index (χ1v) is 9.03. The van der Waals surface area contributed by atoms with Crippen molar-refractivity contribution in [3.8, 4) is 0 Å². The molecule has 1 aromatic carbocycles. The van der Waals surface area contributed by atoms with E-state index in [1.165, 1.54) is 10.9 Å². The standard InChI is InChI=1S/C18H21N7O4/c1-9-3-2-4-10(5-9)6-21-24-18-22-15(19)12-16(23-18)25(8-20-12)17-14(28)13(27)11(7-26)29-17/h2-5,8,11,13-14,17,26-28H,6-7H2,1H3,(H2,19,22,23)/t11-,13-,14-,17?/m1/s1. The molecular formula is C18H21N7O4. The first-order valence-electron chi connectivity index (χ1n) is 9.03. The van der Waals surface area contributed by atoms with Gasteiger partial charge in [-0.2, -0.15) is 15.1 Å². The molecule has 1 unspecified atom stereocenters. The smallest absolute Gasteiger partial charge is 0.272 e. The summed E-state index contributed by atoms with van der Waals surface area (Å²) in [5, 5.41) is 37.7. The molecule has 1 fully saturated rings. The summed E-state index contributed by atoms with van der Waals surface area (Å²) < 4.78 is 6.96. The fraction of sp³-hybridized carbons (Fsp3) is 0.389. The van der Waals surface area contributed by atoms with E-state index in [0.717, 1.165) is 11.1 Å². The molecule has 11 nitrogen and oxygen atoms in total. The summed E-state index contributed by atoms with van der Waals surface area (Å²) in [6.45, 7) is 1.92. The van der Waals surface area contributed by atoms with Crippen LogP contribution < -0.4 is 5.73 Å². The Labute approximate surface area is 165 Å². The van der Waals surface area contributed by atoms with Crippen molar-refractivity contribution in [1.29, 1.82) is 0 Å². The van der Waals surface area contributed by atoms with Gasteiger partial charge >= 0.3 is 0 Å². The number of nitrogen functional groups attached to an aromatic ring is 1. The Morgan fingerprint density at radius 2 is 2.07 bits per heavy atom. The number of anilines is 1. The van der Waals surface area contributed by atoms with Crippen molar-refractivity contribution in [2.45, 2.75) is 38.0 Å². The Morgan fingerprint density at radius 1 is 1.24 bits per heavy atom. The Hall–Kier alpha value is -2.99. The summed E-state index contributed by atoms with van der Waals surface area (Å²) >= 11 is 0. The minimum Gasteiger partial charge on any atom is -0.394 e. The van der Waals surface area contributed by atoms with Gasteiger partial charge in [0.2, 0.25) is 0 Å². The van der Waals surface area contributed by atoms with Gasteiger partial charge in [0.1, 0.15) is 23.8 Å². The molecule has 0 bridgehead atoms. The quantitative estimate of drug-likeness (QED) is 0.453. The number of nitrogens with two attached hydrogens (primary N) is 1. The van der Waals surface area contributed by atoms with Crippen LogP contribution in [0, 0.1) is 6.92 Å². The molecule has 0 spiro atoms. The summed E-state index contributed by atoms with van der Waals surface area (Å²) in [7, 11) is 0. The lowest BCUT2D eigenvalue weighted by molar-refractivity contribution is -0.0511. The van der Waals surface area contributed by atoms with Crippen molar-refractivity contribution in [3.63, 3.8) is 0 Å². The molecule has 11 heteroatoms. The van der Waals surface area contributed by atoms with Crippen LogP contribution in [0.4, 0.5) is 11.8 Å². The Balaban J connectivity index is 1.62. The van der Waals surface area contributed by atoms with E-state index in [0.29, 0.717) is 12.1 Å². The first kappa shape index (κ1) is 19.3. The fourth-order valence-corrected chi connectivity index (χ4v) is 3.26. The van der Waals surface area contributed by atoms with E-state index in [1.807, 2.05) is 31.2 Å². The second-order valence-electron chi connectivity index (χ2n) is 6.85. The van der Waals surface area contributed by atoms with Gasteiger partial charge in [-0.1, -0.05) is 29.8 Å². The summed E-state index contributed by atoms with van der Waals surface area (Å²) in [4.78, 5) is 12.6. The van der Waals surface area contributed by atoms with Crippen molar-refractivity contribution >= 4 is 22.9 Å². The number of hydrogen-bond donors (Lipinski definition) is 4. The summed E-state index contributed by atoms with van der Waals surface area (Å²) in [5.41, 5.74) is 8.67. The lowest BCUT2D eigenvalue weighted by Crippen LogP contribution is -2.33. The second-order valence-corrected chi connectivity index (χ2v) is 6.85. The predicted octanol–water partition coefficient (Wildman–Crippen LogP) is 0.612. The number of nitrogens with zero attached hydrogens (tertiary/aromatic N) is 6. The number of aliphatic hydroxyl groups excluding tert-OH is 3. The number of fused-ring (bicyclic) bond motifs is 1. The maximum Gasteiger partial charge on any atom is 0.272 e. The Kier molecular flexibility index (Phi) is 5.20. The normalized spacial score (nSPS) is 24.7. The number of azo groups is 1. The number of aliphatic hydroxyl groups is 3. The van der Waals surface area contributed by atoms with Crippen LogP contribution in [-0.2, 0) is 11.3 Å². The van der Waals surface area contributed by atoms with E-state index < -0.39 is 31.1 Å². The van der Waals surface area contributed by atoms with Crippen LogP contribution in [-0.4, -0.2) is 59.8 Å². The predicted molar refractivity (Wildman–Crippen MR) is 102 cm³/mol. The molecule has 1 saturated heterocycles. The van der Waals surface area contributed by atoms with Gasteiger partial charge in [-0.25, -0.2) is 4.98 Å². The van der Waals surface area contributed by atoms with Gasteiger partial charge in [0.05, 0.1) is 19.5 Å². The third-order valence-corrected chi connectivity index (χ3v) is 4.72. The highest BCUT2D eigenvalue weighted by Crippen LogP contribution is 2.32. The van der Waals surface area contributed by atoms with Crippen LogP contribution in [0.1, 0.15) is 17.4 Å². The average Bonchev–Trinajstić information content (AvgIpc) is 3.24. The van der Waals surface area contributed by atoms with Crippen LogP contribution in [0.25, 0.3) is 11.2 Å². The third-order valence-electron chi connectivity index (χ3n) is 4.72. The van der Waals surface area contributed by atoms with Gasteiger partial charge < -0.3 is 25.8 Å².